The van der Waals surface area contributed by atoms with Gasteiger partial charge in [0.05, 0.1) is 6.26 Å². The van der Waals surface area contributed by atoms with Crippen LogP contribution in [0.2, 0.25) is 0 Å². The Balaban J connectivity index is 2.06. The first-order valence-corrected chi connectivity index (χ1v) is 7.52. The molecule has 1 aromatic heterocycles. The number of furan rings is 1. The van der Waals surface area contributed by atoms with E-state index in [-0.39, 0.29) is 16.1 Å². The molecule has 0 saturated heterocycles. The molecule has 0 saturated carbocycles. The van der Waals surface area contributed by atoms with Crippen LogP contribution < -0.4 is 10.0 Å². The monoisotopic (exact) mass is 324 g/mol. The predicted octanol–water partition coefficient (Wildman–Crippen LogP) is 0.895. The van der Waals surface area contributed by atoms with E-state index in [9.17, 15) is 18.0 Å². The van der Waals surface area contributed by atoms with Gasteiger partial charge >= 0.3 is 5.97 Å². The molecule has 1 aromatic carbocycles. The van der Waals surface area contributed by atoms with E-state index in [1.807, 2.05) is 0 Å². The molecule has 3 N–H and O–H groups in total. The second kappa shape index (κ2) is 6.31. The van der Waals surface area contributed by atoms with Gasteiger partial charge in [-0.15, -0.1) is 0 Å². The fourth-order valence-electron chi connectivity index (χ4n) is 1.57. The number of amides is 1. The first kappa shape index (κ1) is 15.6. The summed E-state index contributed by atoms with van der Waals surface area (Å²) in [6, 6.07) is 6.85. The Morgan fingerprint density at radius 2 is 1.82 bits per heavy atom. The Morgan fingerprint density at radius 1 is 1.14 bits per heavy atom. The number of rotatable bonds is 6. The first-order chi connectivity index (χ1) is 10.4. The molecule has 0 spiro atoms. The summed E-state index contributed by atoms with van der Waals surface area (Å²) in [6.07, 6.45) is 2.33. The van der Waals surface area contributed by atoms with Gasteiger partial charge in [0.1, 0.15) is 17.7 Å². The average molecular weight is 324 g/mol. The van der Waals surface area contributed by atoms with E-state index in [0.717, 1.165) is 6.26 Å². The standard InChI is InChI=1S/C13H12N2O6S/c16-12(17)7-14-13(18)9-1-3-10(4-2-9)15-22(19,20)11-5-6-21-8-11/h1-6,8,15H,7H2,(H,14,18)(H,16,17). The van der Waals surface area contributed by atoms with E-state index in [0.29, 0.717) is 0 Å². The van der Waals surface area contributed by atoms with Crippen LogP contribution in [0.25, 0.3) is 0 Å². The summed E-state index contributed by atoms with van der Waals surface area (Å²) in [5.41, 5.74) is 0.475. The summed E-state index contributed by atoms with van der Waals surface area (Å²) in [6.45, 7) is -0.492. The Hall–Kier alpha value is -2.81. The third-order valence-electron chi connectivity index (χ3n) is 2.60. The van der Waals surface area contributed by atoms with E-state index in [1.165, 1.54) is 36.6 Å². The average Bonchev–Trinajstić information content (AvgIpc) is 3.00. The summed E-state index contributed by atoms with van der Waals surface area (Å²) in [5, 5.41) is 10.7. The molecule has 0 unspecified atom stereocenters. The molecule has 0 radical (unpaired) electrons. The Morgan fingerprint density at radius 3 is 2.36 bits per heavy atom. The fraction of sp³-hybridized carbons (Fsp3) is 0.0769. The Kier molecular flexibility index (Phi) is 4.47. The molecule has 2 aromatic rings. The van der Waals surface area contributed by atoms with Gasteiger partial charge in [0.25, 0.3) is 15.9 Å². The van der Waals surface area contributed by atoms with Gasteiger partial charge in [-0.1, -0.05) is 0 Å². The molecule has 1 heterocycles. The number of hydrogen-bond acceptors (Lipinski definition) is 5. The van der Waals surface area contributed by atoms with Crippen molar-refractivity contribution in [1.29, 1.82) is 0 Å². The topological polar surface area (TPSA) is 126 Å². The number of benzene rings is 1. The highest BCUT2D eigenvalue weighted by Gasteiger charge is 2.15. The highest BCUT2D eigenvalue weighted by Crippen LogP contribution is 2.16. The number of hydrogen-bond donors (Lipinski definition) is 3. The van der Waals surface area contributed by atoms with E-state index in [4.69, 9.17) is 9.52 Å². The summed E-state index contributed by atoms with van der Waals surface area (Å²) < 4.78 is 30.9. The van der Waals surface area contributed by atoms with Gasteiger partial charge < -0.3 is 14.8 Å². The van der Waals surface area contributed by atoms with Gasteiger partial charge in [-0.3, -0.25) is 14.3 Å². The van der Waals surface area contributed by atoms with Crippen molar-refractivity contribution in [2.75, 3.05) is 11.3 Å². The minimum Gasteiger partial charge on any atom is -0.480 e. The number of carbonyl (C=O) groups is 2. The summed E-state index contributed by atoms with van der Waals surface area (Å²) in [5.74, 6) is -1.72. The number of sulfonamides is 1. The first-order valence-electron chi connectivity index (χ1n) is 6.03. The number of aliphatic carboxylic acids is 1. The van der Waals surface area contributed by atoms with Crippen LogP contribution in [0.4, 0.5) is 5.69 Å². The van der Waals surface area contributed by atoms with Crippen LogP contribution >= 0.6 is 0 Å². The molecule has 0 aliphatic heterocycles. The van der Waals surface area contributed by atoms with Crippen molar-refractivity contribution < 1.29 is 27.5 Å². The number of carboxylic acids is 1. The molecular formula is C13H12N2O6S. The normalized spacial score (nSPS) is 10.9. The van der Waals surface area contributed by atoms with Crippen LogP contribution in [0, 0.1) is 0 Å². The second-order valence-electron chi connectivity index (χ2n) is 4.22. The highest BCUT2D eigenvalue weighted by atomic mass is 32.2. The molecule has 1 amide bonds. The van der Waals surface area contributed by atoms with Crippen LogP contribution in [0.15, 0.2) is 52.2 Å². The maximum Gasteiger partial charge on any atom is 0.322 e. The van der Waals surface area contributed by atoms with Gasteiger partial charge in [-0.2, -0.15) is 0 Å². The van der Waals surface area contributed by atoms with Gasteiger partial charge in [0.15, 0.2) is 0 Å². The largest absolute Gasteiger partial charge is 0.480 e. The van der Waals surface area contributed by atoms with E-state index in [1.54, 1.807) is 0 Å². The molecule has 0 fully saturated rings. The zero-order chi connectivity index (χ0) is 16.2. The van der Waals surface area contributed by atoms with Gasteiger partial charge in [0, 0.05) is 11.3 Å². The van der Waals surface area contributed by atoms with Crippen molar-refractivity contribution in [3.05, 3.63) is 48.4 Å². The third kappa shape index (κ3) is 3.85. The molecule has 2 rings (SSSR count). The lowest BCUT2D eigenvalue weighted by atomic mass is 10.2. The maximum atomic E-state index is 11.9. The molecule has 8 nitrogen and oxygen atoms in total. The zero-order valence-corrected chi connectivity index (χ0v) is 12.0. The molecule has 22 heavy (non-hydrogen) atoms. The fourth-order valence-corrected chi connectivity index (χ4v) is 2.55. The SMILES string of the molecule is O=C(O)CNC(=O)c1ccc(NS(=O)(=O)c2ccoc2)cc1. The molecule has 9 heteroatoms. The second-order valence-corrected chi connectivity index (χ2v) is 5.90. The number of anilines is 1. The molecule has 0 bridgehead atoms. The Labute approximate surface area is 125 Å². The number of carboxylic acid groups (broad SMARTS) is 1. The van der Waals surface area contributed by atoms with Crippen LogP contribution in [-0.4, -0.2) is 31.9 Å². The maximum absolute atomic E-state index is 11.9. The van der Waals surface area contributed by atoms with Crippen molar-refractivity contribution >= 4 is 27.6 Å². The molecule has 116 valence electrons. The van der Waals surface area contributed by atoms with Crippen LogP contribution in [0.1, 0.15) is 10.4 Å². The molecular weight excluding hydrogens is 312 g/mol. The highest BCUT2D eigenvalue weighted by molar-refractivity contribution is 7.92. The van der Waals surface area contributed by atoms with E-state index >= 15 is 0 Å². The predicted molar refractivity (Wildman–Crippen MR) is 75.9 cm³/mol. The summed E-state index contributed by atoms with van der Waals surface area (Å²) in [4.78, 5) is 21.9. The minimum absolute atomic E-state index is 0.0178. The van der Waals surface area contributed by atoms with Crippen LogP contribution in [-0.2, 0) is 14.8 Å². The number of carbonyl (C=O) groups excluding carboxylic acids is 1. The van der Waals surface area contributed by atoms with E-state index in [2.05, 4.69) is 10.0 Å². The van der Waals surface area contributed by atoms with Crippen molar-refractivity contribution in [2.24, 2.45) is 0 Å². The summed E-state index contributed by atoms with van der Waals surface area (Å²) >= 11 is 0. The van der Waals surface area contributed by atoms with Gasteiger partial charge in [0.2, 0.25) is 0 Å². The van der Waals surface area contributed by atoms with E-state index < -0.39 is 28.4 Å². The molecule has 0 atom stereocenters. The lowest BCUT2D eigenvalue weighted by molar-refractivity contribution is -0.135. The zero-order valence-electron chi connectivity index (χ0n) is 11.1. The lowest BCUT2D eigenvalue weighted by Gasteiger charge is -2.07. The smallest absolute Gasteiger partial charge is 0.322 e. The quantitative estimate of drug-likeness (QED) is 0.724. The van der Waals surface area contributed by atoms with Gasteiger partial charge in [-0.05, 0) is 30.3 Å². The molecule has 0 aliphatic carbocycles. The summed E-state index contributed by atoms with van der Waals surface area (Å²) in [7, 11) is -3.75. The molecule has 0 aliphatic rings. The lowest BCUT2D eigenvalue weighted by Crippen LogP contribution is -2.29. The van der Waals surface area contributed by atoms with Crippen molar-refractivity contribution in [2.45, 2.75) is 4.90 Å². The number of nitrogens with one attached hydrogen (secondary N) is 2. The van der Waals surface area contributed by atoms with Crippen molar-refractivity contribution in [3.8, 4) is 0 Å². The van der Waals surface area contributed by atoms with Gasteiger partial charge in [-0.25, -0.2) is 8.42 Å². The third-order valence-corrected chi connectivity index (χ3v) is 3.96. The van der Waals surface area contributed by atoms with Crippen LogP contribution in [0.5, 0.6) is 0 Å². The van der Waals surface area contributed by atoms with Crippen molar-refractivity contribution in [3.63, 3.8) is 0 Å². The minimum atomic E-state index is -3.75. The van der Waals surface area contributed by atoms with Crippen LogP contribution in [0.3, 0.4) is 0 Å². The van der Waals surface area contributed by atoms with Crippen molar-refractivity contribution in [1.82, 2.24) is 5.32 Å². The Bertz CT molecular complexity index is 765.